The van der Waals surface area contributed by atoms with Gasteiger partial charge in [-0.2, -0.15) is 0 Å². The van der Waals surface area contributed by atoms with Crippen LogP contribution in [0.2, 0.25) is 0 Å². The lowest BCUT2D eigenvalue weighted by Gasteiger charge is -2.08. The lowest BCUT2D eigenvalue weighted by atomic mass is 10.2. The van der Waals surface area contributed by atoms with Gasteiger partial charge in [-0.3, -0.25) is 9.59 Å². The Bertz CT molecular complexity index is 484. The first-order valence-electron chi connectivity index (χ1n) is 6.89. The van der Waals surface area contributed by atoms with E-state index in [0.29, 0.717) is 24.4 Å². The fraction of sp³-hybridized carbons (Fsp3) is 0.467. The fourth-order valence-electron chi connectivity index (χ4n) is 1.85. The van der Waals surface area contributed by atoms with Crippen LogP contribution in [0.4, 0.5) is 5.69 Å². The van der Waals surface area contributed by atoms with E-state index in [9.17, 15) is 9.59 Å². The van der Waals surface area contributed by atoms with Crippen LogP contribution in [-0.2, 0) is 9.53 Å². The molecule has 0 aliphatic heterocycles. The van der Waals surface area contributed by atoms with Gasteiger partial charge in [0.2, 0.25) is 5.91 Å². The quantitative estimate of drug-likeness (QED) is 0.746. The zero-order valence-corrected chi connectivity index (χ0v) is 11.6. The number of ether oxygens (including phenoxy) is 1. The minimum Gasteiger partial charge on any atom is -0.385 e. The molecule has 5 nitrogen and oxygen atoms in total. The Labute approximate surface area is 118 Å². The van der Waals surface area contributed by atoms with Gasteiger partial charge in [-0.15, -0.1) is 0 Å². The number of amides is 2. The Morgan fingerprint density at radius 2 is 2.15 bits per heavy atom. The van der Waals surface area contributed by atoms with Crippen molar-refractivity contribution in [1.29, 1.82) is 0 Å². The summed E-state index contributed by atoms with van der Waals surface area (Å²) in [4.78, 5) is 23.6. The highest BCUT2D eigenvalue weighted by Gasteiger charge is 2.29. The van der Waals surface area contributed by atoms with Crippen molar-refractivity contribution in [3.05, 3.63) is 29.8 Å². The third-order valence-electron chi connectivity index (χ3n) is 3.15. The summed E-state index contributed by atoms with van der Waals surface area (Å²) < 4.78 is 4.92. The van der Waals surface area contributed by atoms with Gasteiger partial charge in [-0.05, 0) is 37.5 Å². The van der Waals surface area contributed by atoms with Gasteiger partial charge in [-0.25, -0.2) is 0 Å². The highest BCUT2D eigenvalue weighted by molar-refractivity contribution is 5.98. The van der Waals surface area contributed by atoms with Gasteiger partial charge in [0, 0.05) is 37.4 Å². The molecule has 0 bridgehead atoms. The number of carbonyl (C=O) groups is 2. The Hall–Kier alpha value is -1.88. The van der Waals surface area contributed by atoms with Crippen molar-refractivity contribution in [3.63, 3.8) is 0 Å². The van der Waals surface area contributed by atoms with Crippen LogP contribution in [0.5, 0.6) is 0 Å². The van der Waals surface area contributed by atoms with Crippen LogP contribution >= 0.6 is 0 Å². The first-order valence-corrected chi connectivity index (χ1v) is 6.89. The molecule has 2 amide bonds. The predicted octanol–water partition coefficient (Wildman–Crippen LogP) is 1.80. The van der Waals surface area contributed by atoms with E-state index in [0.717, 1.165) is 19.3 Å². The fourth-order valence-corrected chi connectivity index (χ4v) is 1.85. The Morgan fingerprint density at radius 3 is 2.85 bits per heavy atom. The first-order chi connectivity index (χ1) is 9.70. The van der Waals surface area contributed by atoms with E-state index in [4.69, 9.17) is 4.74 Å². The van der Waals surface area contributed by atoms with Crippen LogP contribution in [-0.4, -0.2) is 32.1 Å². The number of hydrogen-bond acceptors (Lipinski definition) is 3. The molecule has 0 aromatic heterocycles. The molecule has 108 valence electrons. The number of hydrogen-bond donors (Lipinski definition) is 2. The van der Waals surface area contributed by atoms with E-state index in [1.165, 1.54) is 0 Å². The third kappa shape index (κ3) is 4.35. The van der Waals surface area contributed by atoms with Crippen molar-refractivity contribution >= 4 is 17.5 Å². The molecule has 1 aliphatic carbocycles. The molecule has 1 saturated carbocycles. The summed E-state index contributed by atoms with van der Waals surface area (Å²) in [5.74, 6) is 0.0628. The molecule has 0 radical (unpaired) electrons. The summed E-state index contributed by atoms with van der Waals surface area (Å²) >= 11 is 0. The van der Waals surface area contributed by atoms with Gasteiger partial charge in [0.25, 0.3) is 5.91 Å². The zero-order valence-electron chi connectivity index (χ0n) is 11.6. The molecular formula is C15H20N2O3. The monoisotopic (exact) mass is 276 g/mol. The molecule has 0 spiro atoms. The second-order valence-electron chi connectivity index (χ2n) is 4.95. The van der Waals surface area contributed by atoms with Crippen LogP contribution in [0.3, 0.4) is 0 Å². The molecule has 1 aromatic rings. The average Bonchev–Trinajstić information content (AvgIpc) is 3.28. The van der Waals surface area contributed by atoms with E-state index in [1.54, 1.807) is 31.4 Å². The molecule has 0 saturated heterocycles. The molecule has 2 N–H and O–H groups in total. The molecule has 0 atom stereocenters. The maximum Gasteiger partial charge on any atom is 0.251 e. The van der Waals surface area contributed by atoms with E-state index >= 15 is 0 Å². The van der Waals surface area contributed by atoms with E-state index < -0.39 is 0 Å². The number of carbonyl (C=O) groups excluding carboxylic acids is 2. The van der Waals surface area contributed by atoms with Crippen molar-refractivity contribution in [2.24, 2.45) is 5.92 Å². The second kappa shape index (κ2) is 7.05. The van der Waals surface area contributed by atoms with E-state index in [-0.39, 0.29) is 17.7 Å². The van der Waals surface area contributed by atoms with Crippen molar-refractivity contribution in [2.45, 2.75) is 19.3 Å². The van der Waals surface area contributed by atoms with Crippen LogP contribution in [0.15, 0.2) is 24.3 Å². The molecule has 1 aliphatic rings. The normalized spacial score (nSPS) is 13.8. The van der Waals surface area contributed by atoms with Crippen molar-refractivity contribution < 1.29 is 14.3 Å². The van der Waals surface area contributed by atoms with Crippen molar-refractivity contribution in [1.82, 2.24) is 5.32 Å². The topological polar surface area (TPSA) is 67.4 Å². The number of nitrogens with one attached hydrogen (secondary N) is 2. The zero-order chi connectivity index (χ0) is 14.4. The average molecular weight is 276 g/mol. The molecule has 1 fully saturated rings. The first kappa shape index (κ1) is 14.5. The van der Waals surface area contributed by atoms with Crippen molar-refractivity contribution in [2.75, 3.05) is 25.6 Å². The predicted molar refractivity (Wildman–Crippen MR) is 76.6 cm³/mol. The van der Waals surface area contributed by atoms with Crippen LogP contribution in [0.1, 0.15) is 29.6 Å². The minimum absolute atomic E-state index is 0.0441. The van der Waals surface area contributed by atoms with Crippen molar-refractivity contribution in [3.8, 4) is 0 Å². The third-order valence-corrected chi connectivity index (χ3v) is 3.15. The Morgan fingerprint density at radius 1 is 1.35 bits per heavy atom. The smallest absolute Gasteiger partial charge is 0.251 e. The largest absolute Gasteiger partial charge is 0.385 e. The molecule has 0 heterocycles. The van der Waals surface area contributed by atoms with Gasteiger partial charge in [-0.1, -0.05) is 6.07 Å². The van der Waals surface area contributed by atoms with E-state index in [2.05, 4.69) is 10.6 Å². The molecule has 5 heteroatoms. The lowest BCUT2D eigenvalue weighted by Crippen LogP contribution is -2.25. The number of anilines is 1. The number of benzene rings is 1. The highest BCUT2D eigenvalue weighted by atomic mass is 16.5. The molecule has 20 heavy (non-hydrogen) atoms. The van der Waals surface area contributed by atoms with Crippen LogP contribution < -0.4 is 10.6 Å². The summed E-state index contributed by atoms with van der Waals surface area (Å²) in [5, 5.41) is 5.65. The molecule has 2 rings (SSSR count). The highest BCUT2D eigenvalue weighted by Crippen LogP contribution is 2.30. The maximum absolute atomic E-state index is 11.9. The summed E-state index contributed by atoms with van der Waals surface area (Å²) in [7, 11) is 1.63. The van der Waals surface area contributed by atoms with Gasteiger partial charge < -0.3 is 15.4 Å². The Kier molecular flexibility index (Phi) is 5.12. The second-order valence-corrected chi connectivity index (χ2v) is 4.95. The maximum atomic E-state index is 11.9. The lowest BCUT2D eigenvalue weighted by molar-refractivity contribution is -0.117. The minimum atomic E-state index is -0.136. The molecule has 0 unspecified atom stereocenters. The standard InChI is InChI=1S/C15H20N2O3/c1-20-9-3-8-16-14(18)12-4-2-5-13(10-12)17-15(19)11-6-7-11/h2,4-5,10-11H,3,6-9H2,1H3,(H,16,18)(H,17,19). The van der Waals surface area contributed by atoms with Gasteiger partial charge in [0.15, 0.2) is 0 Å². The number of rotatable bonds is 7. The summed E-state index contributed by atoms with van der Waals surface area (Å²) in [6.45, 7) is 1.20. The van der Waals surface area contributed by atoms with Gasteiger partial charge in [0.1, 0.15) is 0 Å². The number of methoxy groups -OCH3 is 1. The molecular weight excluding hydrogens is 256 g/mol. The Balaban J connectivity index is 1.87. The summed E-state index contributed by atoms with van der Waals surface area (Å²) in [5.41, 5.74) is 1.22. The molecule has 1 aromatic carbocycles. The van der Waals surface area contributed by atoms with Crippen LogP contribution in [0, 0.1) is 5.92 Å². The van der Waals surface area contributed by atoms with E-state index in [1.807, 2.05) is 0 Å². The SMILES string of the molecule is COCCCNC(=O)c1cccc(NC(=O)C2CC2)c1. The summed E-state index contributed by atoms with van der Waals surface area (Å²) in [6.07, 6.45) is 2.71. The summed E-state index contributed by atoms with van der Waals surface area (Å²) in [6, 6.07) is 7.00. The van der Waals surface area contributed by atoms with Crippen LogP contribution in [0.25, 0.3) is 0 Å². The van der Waals surface area contributed by atoms with Gasteiger partial charge >= 0.3 is 0 Å². The van der Waals surface area contributed by atoms with Gasteiger partial charge in [0.05, 0.1) is 0 Å².